The van der Waals surface area contributed by atoms with Gasteiger partial charge < -0.3 is 14.2 Å². The van der Waals surface area contributed by atoms with Crippen LogP contribution in [0.25, 0.3) is 0 Å². The summed E-state index contributed by atoms with van der Waals surface area (Å²) in [6.07, 6.45) is -0.299. The summed E-state index contributed by atoms with van der Waals surface area (Å²) >= 11 is 5.77. The average Bonchev–Trinajstić information content (AvgIpc) is 2.75. The highest BCUT2D eigenvalue weighted by Crippen LogP contribution is 2.38. The fourth-order valence-corrected chi connectivity index (χ4v) is 3.25. The van der Waals surface area contributed by atoms with E-state index in [4.69, 9.17) is 14.2 Å². The standard InChI is InChI=1S/C11H12BrIO3/c1-2-14-10-8(11-15-3-4-16-11)5-7(13)6-9(10)12/h5-6,11H,2-4H2,1H3. The maximum atomic E-state index is 5.62. The molecule has 0 aromatic heterocycles. The van der Waals surface area contributed by atoms with E-state index >= 15 is 0 Å². The Bertz CT molecular complexity index is 378. The minimum Gasteiger partial charge on any atom is -0.492 e. The van der Waals surface area contributed by atoms with Crippen molar-refractivity contribution in [3.05, 3.63) is 25.7 Å². The molecule has 16 heavy (non-hydrogen) atoms. The summed E-state index contributed by atoms with van der Waals surface area (Å²) in [6.45, 7) is 3.86. The molecule has 2 rings (SSSR count). The van der Waals surface area contributed by atoms with Gasteiger partial charge >= 0.3 is 0 Å². The summed E-state index contributed by atoms with van der Waals surface area (Å²) in [6, 6.07) is 4.05. The first kappa shape index (κ1) is 12.6. The third-order valence-corrected chi connectivity index (χ3v) is 3.41. The Balaban J connectivity index is 2.39. The van der Waals surface area contributed by atoms with Gasteiger partial charge in [0.25, 0.3) is 0 Å². The summed E-state index contributed by atoms with van der Waals surface area (Å²) in [7, 11) is 0. The number of halogens is 2. The smallest absolute Gasteiger partial charge is 0.187 e. The zero-order valence-electron chi connectivity index (χ0n) is 8.83. The summed E-state index contributed by atoms with van der Waals surface area (Å²) < 4.78 is 18.7. The molecule has 0 unspecified atom stereocenters. The van der Waals surface area contributed by atoms with Crippen molar-refractivity contribution in [2.24, 2.45) is 0 Å². The molecule has 0 amide bonds. The van der Waals surface area contributed by atoms with E-state index in [0.717, 1.165) is 19.4 Å². The molecule has 0 spiro atoms. The van der Waals surface area contributed by atoms with Crippen LogP contribution in [0.15, 0.2) is 16.6 Å². The van der Waals surface area contributed by atoms with Crippen molar-refractivity contribution in [1.29, 1.82) is 0 Å². The van der Waals surface area contributed by atoms with Gasteiger partial charge in [-0.1, -0.05) is 0 Å². The van der Waals surface area contributed by atoms with Crippen LogP contribution in [-0.2, 0) is 9.47 Å². The van der Waals surface area contributed by atoms with E-state index in [1.807, 2.05) is 19.1 Å². The van der Waals surface area contributed by atoms with E-state index in [9.17, 15) is 0 Å². The van der Waals surface area contributed by atoms with Crippen LogP contribution in [0, 0.1) is 3.57 Å². The Morgan fingerprint density at radius 3 is 2.75 bits per heavy atom. The summed E-state index contributed by atoms with van der Waals surface area (Å²) in [4.78, 5) is 0. The van der Waals surface area contributed by atoms with Gasteiger partial charge in [-0.3, -0.25) is 0 Å². The predicted molar refractivity (Wildman–Crippen MR) is 72.7 cm³/mol. The Morgan fingerprint density at radius 2 is 2.12 bits per heavy atom. The molecular weight excluding hydrogens is 387 g/mol. The van der Waals surface area contributed by atoms with Gasteiger partial charge in [0.2, 0.25) is 0 Å². The van der Waals surface area contributed by atoms with E-state index < -0.39 is 0 Å². The number of rotatable bonds is 3. The molecular formula is C11H12BrIO3. The lowest BCUT2D eigenvalue weighted by molar-refractivity contribution is -0.0458. The maximum absolute atomic E-state index is 5.62. The second-order valence-corrected chi connectivity index (χ2v) is 5.41. The molecule has 0 saturated carbocycles. The molecule has 0 radical (unpaired) electrons. The van der Waals surface area contributed by atoms with Crippen molar-refractivity contribution in [3.63, 3.8) is 0 Å². The average molecular weight is 399 g/mol. The maximum Gasteiger partial charge on any atom is 0.187 e. The minimum absolute atomic E-state index is 0.299. The molecule has 0 N–H and O–H groups in total. The third-order valence-electron chi connectivity index (χ3n) is 2.20. The van der Waals surface area contributed by atoms with Crippen molar-refractivity contribution >= 4 is 38.5 Å². The van der Waals surface area contributed by atoms with Gasteiger partial charge in [-0.05, 0) is 57.6 Å². The van der Waals surface area contributed by atoms with Crippen LogP contribution in [0.2, 0.25) is 0 Å². The van der Waals surface area contributed by atoms with Gasteiger partial charge in [-0.25, -0.2) is 0 Å². The summed E-state index contributed by atoms with van der Waals surface area (Å²) in [5, 5.41) is 0. The molecule has 0 atom stereocenters. The zero-order valence-corrected chi connectivity index (χ0v) is 12.6. The second-order valence-electron chi connectivity index (χ2n) is 3.31. The normalized spacial score (nSPS) is 16.7. The van der Waals surface area contributed by atoms with E-state index in [-0.39, 0.29) is 6.29 Å². The van der Waals surface area contributed by atoms with Crippen molar-refractivity contribution in [2.75, 3.05) is 19.8 Å². The van der Waals surface area contributed by atoms with Crippen LogP contribution in [0.1, 0.15) is 18.8 Å². The number of benzene rings is 1. The lowest BCUT2D eigenvalue weighted by Crippen LogP contribution is -2.04. The highest BCUT2D eigenvalue weighted by Gasteiger charge is 2.24. The van der Waals surface area contributed by atoms with Crippen LogP contribution in [0.5, 0.6) is 5.75 Å². The van der Waals surface area contributed by atoms with Crippen LogP contribution in [0.3, 0.4) is 0 Å². The molecule has 1 fully saturated rings. The van der Waals surface area contributed by atoms with E-state index in [0.29, 0.717) is 19.8 Å². The fourth-order valence-electron chi connectivity index (χ4n) is 1.59. The van der Waals surface area contributed by atoms with E-state index in [2.05, 4.69) is 38.5 Å². The molecule has 1 aliphatic heterocycles. The molecule has 3 nitrogen and oxygen atoms in total. The highest BCUT2D eigenvalue weighted by atomic mass is 127. The Labute approximate surface area is 117 Å². The van der Waals surface area contributed by atoms with Gasteiger partial charge in [-0.2, -0.15) is 0 Å². The molecule has 88 valence electrons. The molecule has 1 heterocycles. The van der Waals surface area contributed by atoms with E-state index in [1.54, 1.807) is 0 Å². The van der Waals surface area contributed by atoms with Crippen LogP contribution >= 0.6 is 38.5 Å². The zero-order chi connectivity index (χ0) is 11.5. The summed E-state index contributed by atoms with van der Waals surface area (Å²) in [5.41, 5.74) is 0.957. The van der Waals surface area contributed by atoms with Crippen LogP contribution < -0.4 is 4.74 Å². The number of hydrogen-bond donors (Lipinski definition) is 0. The second kappa shape index (κ2) is 5.66. The van der Waals surface area contributed by atoms with Crippen molar-refractivity contribution in [2.45, 2.75) is 13.2 Å². The molecule has 1 aromatic carbocycles. The van der Waals surface area contributed by atoms with Gasteiger partial charge in [0.05, 0.1) is 29.9 Å². The Hall–Kier alpha value is 0.150. The van der Waals surface area contributed by atoms with Crippen LogP contribution in [0.4, 0.5) is 0 Å². The van der Waals surface area contributed by atoms with Gasteiger partial charge in [0, 0.05) is 3.57 Å². The van der Waals surface area contributed by atoms with Gasteiger partial charge in [0.1, 0.15) is 5.75 Å². The van der Waals surface area contributed by atoms with Crippen molar-refractivity contribution < 1.29 is 14.2 Å². The lowest BCUT2D eigenvalue weighted by Gasteiger charge is -2.16. The quantitative estimate of drug-likeness (QED) is 0.729. The third kappa shape index (κ3) is 2.69. The Morgan fingerprint density at radius 1 is 1.44 bits per heavy atom. The number of ether oxygens (including phenoxy) is 3. The Kier molecular flexibility index (Phi) is 4.46. The number of hydrogen-bond acceptors (Lipinski definition) is 3. The largest absolute Gasteiger partial charge is 0.492 e. The molecule has 0 bridgehead atoms. The first-order valence-electron chi connectivity index (χ1n) is 5.07. The SMILES string of the molecule is CCOc1c(Br)cc(I)cc1C1OCCO1. The summed E-state index contributed by atoms with van der Waals surface area (Å²) in [5.74, 6) is 0.815. The van der Waals surface area contributed by atoms with Gasteiger partial charge in [-0.15, -0.1) is 0 Å². The van der Waals surface area contributed by atoms with Crippen LogP contribution in [-0.4, -0.2) is 19.8 Å². The lowest BCUT2D eigenvalue weighted by atomic mass is 10.2. The van der Waals surface area contributed by atoms with E-state index in [1.165, 1.54) is 0 Å². The topological polar surface area (TPSA) is 27.7 Å². The molecule has 1 saturated heterocycles. The van der Waals surface area contributed by atoms with Crippen molar-refractivity contribution in [3.8, 4) is 5.75 Å². The monoisotopic (exact) mass is 398 g/mol. The molecule has 0 aliphatic carbocycles. The first-order valence-corrected chi connectivity index (χ1v) is 6.94. The minimum atomic E-state index is -0.299. The first-order chi connectivity index (χ1) is 7.72. The van der Waals surface area contributed by atoms with Gasteiger partial charge in [0.15, 0.2) is 6.29 Å². The fraction of sp³-hybridized carbons (Fsp3) is 0.455. The van der Waals surface area contributed by atoms with Crippen molar-refractivity contribution in [1.82, 2.24) is 0 Å². The predicted octanol–water partition coefficient (Wildman–Crippen LogP) is 3.50. The molecule has 1 aliphatic rings. The molecule has 1 aromatic rings. The highest BCUT2D eigenvalue weighted by molar-refractivity contribution is 14.1. The molecule has 5 heteroatoms.